The monoisotopic (exact) mass is 464 g/mol. The standard InChI is InChI=1S/C25H29FN6O2/c26-19-3-1-2-17-5-6-20(24(17)19)30-21-12-23(29-14-18(21)25(27)33)31-22-7-4-16(13-28-22)15-32-8-10-34-11-9-32/h1-4,7,12,14,16,20H,5-6,8-11,13,15H2,(H2,27,33)(H2,28,29,30,31). The van der Waals surface area contributed by atoms with Gasteiger partial charge in [-0.15, -0.1) is 0 Å². The molecule has 0 saturated carbocycles. The normalized spacial score (nSPS) is 22.2. The Hall–Kier alpha value is -3.30. The Morgan fingerprint density at radius 2 is 2.15 bits per heavy atom. The van der Waals surface area contributed by atoms with Gasteiger partial charge in [0.05, 0.1) is 30.5 Å². The average molecular weight is 465 g/mol. The summed E-state index contributed by atoms with van der Waals surface area (Å²) in [6.07, 6.45) is 7.09. The summed E-state index contributed by atoms with van der Waals surface area (Å²) in [4.78, 5) is 23.4. The third-order valence-corrected chi connectivity index (χ3v) is 6.57. The predicted molar refractivity (Wildman–Crippen MR) is 130 cm³/mol. The number of benzene rings is 1. The Labute approximate surface area is 198 Å². The summed E-state index contributed by atoms with van der Waals surface area (Å²) in [5, 5.41) is 6.54. The van der Waals surface area contributed by atoms with Gasteiger partial charge in [0.2, 0.25) is 0 Å². The summed E-state index contributed by atoms with van der Waals surface area (Å²) in [7, 11) is 0. The number of fused-ring (bicyclic) bond motifs is 1. The van der Waals surface area contributed by atoms with Gasteiger partial charge < -0.3 is 21.1 Å². The van der Waals surface area contributed by atoms with E-state index in [-0.39, 0.29) is 17.4 Å². The minimum Gasteiger partial charge on any atom is -0.379 e. The zero-order valence-corrected chi connectivity index (χ0v) is 19.0. The number of nitrogens with one attached hydrogen (secondary N) is 2. The van der Waals surface area contributed by atoms with Crippen LogP contribution >= 0.6 is 0 Å². The molecule has 1 fully saturated rings. The van der Waals surface area contributed by atoms with Crippen LogP contribution in [0.3, 0.4) is 0 Å². The second-order valence-corrected chi connectivity index (χ2v) is 8.91. The van der Waals surface area contributed by atoms with Crippen molar-refractivity contribution < 1.29 is 13.9 Å². The van der Waals surface area contributed by atoms with E-state index in [1.54, 1.807) is 12.1 Å². The molecule has 4 N–H and O–H groups in total. The molecule has 8 nitrogen and oxygen atoms in total. The molecular weight excluding hydrogens is 435 g/mol. The number of nitrogens with zero attached hydrogens (tertiary/aromatic N) is 3. The van der Waals surface area contributed by atoms with Crippen molar-refractivity contribution in [3.63, 3.8) is 0 Å². The third kappa shape index (κ3) is 4.95. The van der Waals surface area contributed by atoms with E-state index in [0.717, 1.165) is 51.3 Å². The lowest BCUT2D eigenvalue weighted by molar-refractivity contribution is 0.0338. The van der Waals surface area contributed by atoms with Crippen LogP contribution in [0, 0.1) is 11.7 Å². The summed E-state index contributed by atoms with van der Waals surface area (Å²) in [5.74, 6) is 0.779. The lowest BCUT2D eigenvalue weighted by Gasteiger charge is -2.29. The molecule has 1 amide bonds. The highest BCUT2D eigenvalue weighted by Crippen LogP contribution is 2.36. The van der Waals surface area contributed by atoms with Gasteiger partial charge >= 0.3 is 0 Å². The number of hydrogen-bond acceptors (Lipinski definition) is 7. The molecule has 0 bridgehead atoms. The fraction of sp³-hybridized carbons (Fsp3) is 0.400. The molecule has 0 radical (unpaired) electrons. The summed E-state index contributed by atoms with van der Waals surface area (Å²) in [5.41, 5.74) is 8.00. The van der Waals surface area contributed by atoms with Gasteiger partial charge in [0.1, 0.15) is 17.5 Å². The van der Waals surface area contributed by atoms with E-state index in [2.05, 4.69) is 31.6 Å². The van der Waals surface area contributed by atoms with E-state index in [1.807, 2.05) is 12.1 Å². The van der Waals surface area contributed by atoms with Gasteiger partial charge in [-0.1, -0.05) is 18.2 Å². The molecule has 2 unspecified atom stereocenters. The molecule has 5 rings (SSSR count). The lowest BCUT2D eigenvalue weighted by Crippen LogP contribution is -2.40. The number of aliphatic imine (C=N–C) groups is 1. The number of carbonyl (C=O) groups excluding carboxylic acids is 1. The topological polar surface area (TPSA) is 105 Å². The molecular formula is C25H29FN6O2. The number of amides is 1. The van der Waals surface area contributed by atoms with Crippen molar-refractivity contribution in [2.45, 2.75) is 18.9 Å². The Bertz CT molecular complexity index is 1130. The molecule has 1 aliphatic carbocycles. The largest absolute Gasteiger partial charge is 0.379 e. The highest BCUT2D eigenvalue weighted by molar-refractivity contribution is 6.04. The fourth-order valence-electron chi connectivity index (χ4n) is 4.81. The molecule has 2 aliphatic heterocycles. The first-order chi connectivity index (χ1) is 16.6. The smallest absolute Gasteiger partial charge is 0.252 e. The molecule has 1 saturated heterocycles. The van der Waals surface area contributed by atoms with E-state index < -0.39 is 5.91 Å². The number of primary amides is 1. The molecule has 0 spiro atoms. The van der Waals surface area contributed by atoms with Crippen LogP contribution < -0.4 is 16.4 Å². The van der Waals surface area contributed by atoms with E-state index >= 15 is 0 Å². The highest BCUT2D eigenvalue weighted by atomic mass is 19.1. The van der Waals surface area contributed by atoms with Crippen molar-refractivity contribution in [1.82, 2.24) is 9.88 Å². The van der Waals surface area contributed by atoms with E-state index in [0.29, 0.717) is 35.4 Å². The Morgan fingerprint density at radius 3 is 2.91 bits per heavy atom. The van der Waals surface area contributed by atoms with Crippen molar-refractivity contribution >= 4 is 23.2 Å². The van der Waals surface area contributed by atoms with E-state index in [4.69, 9.17) is 10.5 Å². The molecule has 178 valence electrons. The number of halogens is 1. The van der Waals surface area contributed by atoms with Crippen LogP contribution in [0.2, 0.25) is 0 Å². The quantitative estimate of drug-likeness (QED) is 0.607. The van der Waals surface area contributed by atoms with Crippen molar-refractivity contribution in [2.75, 3.05) is 50.0 Å². The van der Waals surface area contributed by atoms with Crippen LogP contribution in [0.15, 0.2) is 47.6 Å². The number of pyridine rings is 1. The zero-order valence-electron chi connectivity index (χ0n) is 19.0. The summed E-state index contributed by atoms with van der Waals surface area (Å²) in [6, 6.07) is 6.62. The van der Waals surface area contributed by atoms with Crippen LogP contribution in [0.25, 0.3) is 0 Å². The maximum atomic E-state index is 14.5. The number of ether oxygens (including phenoxy) is 1. The number of amidine groups is 1. The fourth-order valence-corrected chi connectivity index (χ4v) is 4.81. The molecule has 1 aromatic carbocycles. The lowest BCUT2D eigenvalue weighted by atomic mass is 10.1. The first kappa shape index (κ1) is 22.5. The minimum absolute atomic E-state index is 0.239. The van der Waals surface area contributed by atoms with Gasteiger partial charge in [0.15, 0.2) is 0 Å². The van der Waals surface area contributed by atoms with Crippen LogP contribution in [0.1, 0.15) is 33.9 Å². The van der Waals surface area contributed by atoms with E-state index in [1.165, 1.54) is 12.3 Å². The molecule has 3 aliphatic rings. The Kier molecular flexibility index (Phi) is 6.55. The minimum atomic E-state index is -0.589. The third-order valence-electron chi connectivity index (χ3n) is 6.57. The van der Waals surface area contributed by atoms with Gasteiger partial charge in [0, 0.05) is 49.9 Å². The number of morpholine rings is 1. The first-order valence-electron chi connectivity index (χ1n) is 11.7. The number of hydrogen-bond donors (Lipinski definition) is 3. The molecule has 2 atom stereocenters. The Morgan fingerprint density at radius 1 is 1.29 bits per heavy atom. The number of nitrogens with two attached hydrogens (primary N) is 1. The van der Waals surface area contributed by atoms with Crippen LogP contribution in [0.4, 0.5) is 15.9 Å². The van der Waals surface area contributed by atoms with Crippen LogP contribution in [0.5, 0.6) is 0 Å². The van der Waals surface area contributed by atoms with Gasteiger partial charge in [-0.3, -0.25) is 14.7 Å². The summed E-state index contributed by atoms with van der Waals surface area (Å²) < 4.78 is 19.9. The molecule has 34 heavy (non-hydrogen) atoms. The van der Waals surface area contributed by atoms with Crippen molar-refractivity contribution in [1.29, 1.82) is 0 Å². The SMILES string of the molecule is NC(=O)c1cnc(NC2=NCC(CN3CCOCC3)C=C2)cc1NC1CCc2cccc(F)c21. The van der Waals surface area contributed by atoms with Crippen LogP contribution in [-0.2, 0) is 11.2 Å². The van der Waals surface area contributed by atoms with Gasteiger partial charge in [-0.25, -0.2) is 9.37 Å². The van der Waals surface area contributed by atoms with Gasteiger partial charge in [-0.05, 0) is 30.5 Å². The number of carbonyl (C=O) groups is 1. The molecule has 9 heteroatoms. The van der Waals surface area contributed by atoms with Crippen molar-refractivity contribution in [3.05, 3.63) is 65.1 Å². The maximum Gasteiger partial charge on any atom is 0.252 e. The zero-order chi connectivity index (χ0) is 23.5. The number of aryl methyl sites for hydroxylation is 1. The maximum absolute atomic E-state index is 14.5. The first-order valence-corrected chi connectivity index (χ1v) is 11.7. The number of dihydropyridines is 1. The average Bonchev–Trinajstić information content (AvgIpc) is 3.25. The summed E-state index contributed by atoms with van der Waals surface area (Å²) >= 11 is 0. The molecule has 2 aromatic rings. The number of aromatic nitrogens is 1. The highest BCUT2D eigenvalue weighted by Gasteiger charge is 2.27. The second kappa shape index (κ2) is 9.90. The van der Waals surface area contributed by atoms with Gasteiger partial charge in [-0.2, -0.15) is 0 Å². The van der Waals surface area contributed by atoms with Gasteiger partial charge in [0.25, 0.3) is 5.91 Å². The molecule has 1 aromatic heterocycles. The van der Waals surface area contributed by atoms with Crippen LogP contribution in [-0.4, -0.2) is 61.0 Å². The number of anilines is 2. The molecule has 3 heterocycles. The number of rotatable bonds is 6. The second-order valence-electron chi connectivity index (χ2n) is 8.91. The van der Waals surface area contributed by atoms with Crippen molar-refractivity contribution in [2.24, 2.45) is 16.6 Å². The Balaban J connectivity index is 1.27. The van der Waals surface area contributed by atoms with Crippen molar-refractivity contribution in [3.8, 4) is 0 Å². The predicted octanol–water partition coefficient (Wildman–Crippen LogP) is 2.75. The summed E-state index contributed by atoms with van der Waals surface area (Å²) in [6.45, 7) is 5.15. The van der Waals surface area contributed by atoms with E-state index in [9.17, 15) is 9.18 Å².